The van der Waals surface area contributed by atoms with Crippen LogP contribution in [0, 0.1) is 17.0 Å². The zero-order valence-corrected chi connectivity index (χ0v) is 22.5. The van der Waals surface area contributed by atoms with Gasteiger partial charge in [-0.05, 0) is 68.5 Å². The number of hydrogen-bond acceptors (Lipinski definition) is 8. The fourth-order valence-corrected chi connectivity index (χ4v) is 4.90. The Kier molecular flexibility index (Phi) is 8.38. The summed E-state index contributed by atoms with van der Waals surface area (Å²) in [6.07, 6.45) is 5.61. The highest BCUT2D eigenvalue weighted by Crippen LogP contribution is 2.32. The molecular formula is C28H34N6O5. The summed E-state index contributed by atoms with van der Waals surface area (Å²) in [6.45, 7) is 9.68. The molecule has 2 amide bonds. The molecule has 0 unspecified atom stereocenters. The number of nitro groups is 1. The van der Waals surface area contributed by atoms with Crippen molar-refractivity contribution in [2.24, 2.45) is 4.99 Å². The minimum absolute atomic E-state index is 0.0862. The first-order chi connectivity index (χ1) is 18.7. The van der Waals surface area contributed by atoms with Gasteiger partial charge in [-0.25, -0.2) is 9.79 Å². The molecule has 0 aromatic heterocycles. The summed E-state index contributed by atoms with van der Waals surface area (Å²) < 4.78 is 11.2. The van der Waals surface area contributed by atoms with E-state index in [2.05, 4.69) is 21.8 Å². The number of fused-ring (bicyclic) bond motifs is 1. The third kappa shape index (κ3) is 6.31. The van der Waals surface area contributed by atoms with Gasteiger partial charge in [-0.15, -0.1) is 0 Å². The van der Waals surface area contributed by atoms with Crippen molar-refractivity contribution in [3.8, 4) is 11.5 Å². The van der Waals surface area contributed by atoms with E-state index in [0.29, 0.717) is 30.9 Å². The van der Waals surface area contributed by atoms with E-state index >= 15 is 0 Å². The number of carbonyl (C=O) groups is 1. The van der Waals surface area contributed by atoms with E-state index in [1.54, 1.807) is 39.3 Å². The molecular weight excluding hydrogens is 500 g/mol. The van der Waals surface area contributed by atoms with Crippen molar-refractivity contribution in [1.29, 1.82) is 0 Å². The number of nitrogen functional groups attached to an aromatic ring is 1. The molecule has 0 aliphatic carbocycles. The number of benzene rings is 2. The predicted octanol–water partition coefficient (Wildman–Crippen LogP) is 4.87. The Labute approximate surface area is 227 Å². The maximum absolute atomic E-state index is 13.0. The van der Waals surface area contributed by atoms with Gasteiger partial charge in [-0.1, -0.05) is 6.58 Å². The van der Waals surface area contributed by atoms with E-state index in [0.717, 1.165) is 36.3 Å². The number of amides is 2. The Bertz CT molecular complexity index is 1330. The molecule has 11 heteroatoms. The average molecular weight is 535 g/mol. The molecule has 4 rings (SSSR count). The summed E-state index contributed by atoms with van der Waals surface area (Å²) in [4.78, 5) is 32.2. The molecule has 2 aromatic carbocycles. The number of hydrogen-bond donors (Lipinski definition) is 2. The van der Waals surface area contributed by atoms with Crippen LogP contribution in [0.15, 0.2) is 59.6 Å². The number of piperidine rings is 1. The second-order valence-corrected chi connectivity index (χ2v) is 9.51. The first-order valence-electron chi connectivity index (χ1n) is 12.8. The Morgan fingerprint density at radius 1 is 1.23 bits per heavy atom. The number of nitrogens with two attached hydrogens (primary N) is 1. The molecule has 39 heavy (non-hydrogen) atoms. The largest absolute Gasteiger partial charge is 0.497 e. The van der Waals surface area contributed by atoms with Gasteiger partial charge in [-0.2, -0.15) is 0 Å². The first-order valence-corrected chi connectivity index (χ1v) is 12.8. The molecule has 0 atom stereocenters. The van der Waals surface area contributed by atoms with Crippen molar-refractivity contribution in [1.82, 2.24) is 9.80 Å². The van der Waals surface area contributed by atoms with Crippen LogP contribution in [-0.2, 0) is 6.42 Å². The third-order valence-electron chi connectivity index (χ3n) is 7.05. The topological polar surface area (TPSA) is 136 Å². The van der Waals surface area contributed by atoms with E-state index < -0.39 is 4.92 Å². The number of methoxy groups -OCH3 is 1. The second kappa shape index (κ2) is 11.9. The van der Waals surface area contributed by atoms with Crippen molar-refractivity contribution < 1.29 is 19.2 Å². The summed E-state index contributed by atoms with van der Waals surface area (Å²) in [5.74, 6) is 1.29. The van der Waals surface area contributed by atoms with E-state index in [1.807, 2.05) is 23.1 Å². The number of likely N-dealkylation sites (tertiary alicyclic amines) is 1. The number of aryl methyl sites for hydroxylation is 1. The molecule has 0 spiro atoms. The highest BCUT2D eigenvalue weighted by Gasteiger charge is 2.30. The van der Waals surface area contributed by atoms with Crippen molar-refractivity contribution in [2.45, 2.75) is 39.2 Å². The molecule has 206 valence electrons. The smallest absolute Gasteiger partial charge is 0.322 e. The Balaban J connectivity index is 1.40. The first kappa shape index (κ1) is 27.5. The molecule has 2 heterocycles. The van der Waals surface area contributed by atoms with Gasteiger partial charge < -0.3 is 30.3 Å². The van der Waals surface area contributed by atoms with Crippen LogP contribution < -0.4 is 20.5 Å². The third-order valence-corrected chi connectivity index (χ3v) is 7.05. The van der Waals surface area contributed by atoms with Crippen molar-refractivity contribution in [2.75, 3.05) is 37.8 Å². The van der Waals surface area contributed by atoms with E-state index in [9.17, 15) is 14.9 Å². The van der Waals surface area contributed by atoms with E-state index in [-0.39, 0.29) is 35.1 Å². The molecule has 2 aliphatic heterocycles. The van der Waals surface area contributed by atoms with Crippen LogP contribution in [0.1, 0.15) is 30.9 Å². The number of rotatable bonds is 8. The van der Waals surface area contributed by atoms with Crippen LogP contribution in [0.25, 0.3) is 0 Å². The van der Waals surface area contributed by atoms with Gasteiger partial charge in [0.05, 0.1) is 18.1 Å². The molecule has 2 aliphatic rings. The van der Waals surface area contributed by atoms with Gasteiger partial charge in [0.15, 0.2) is 0 Å². The van der Waals surface area contributed by atoms with Gasteiger partial charge in [0.1, 0.15) is 17.2 Å². The Morgan fingerprint density at radius 2 is 1.97 bits per heavy atom. The summed E-state index contributed by atoms with van der Waals surface area (Å²) in [5.41, 5.74) is 8.86. The number of nitrogens with one attached hydrogen (secondary N) is 1. The Hall–Kier alpha value is -4.54. The molecule has 0 radical (unpaired) electrons. The summed E-state index contributed by atoms with van der Waals surface area (Å²) in [5, 5.41) is 14.4. The molecule has 2 aromatic rings. The van der Waals surface area contributed by atoms with Crippen LogP contribution in [-0.4, -0.2) is 59.8 Å². The summed E-state index contributed by atoms with van der Waals surface area (Å²) in [7, 11) is 1.63. The maximum Gasteiger partial charge on any atom is 0.322 e. The lowest BCUT2D eigenvalue weighted by molar-refractivity contribution is -0.384. The standard InChI is InChI=1S/C28H34N6O5/c1-5-30-26(39-23-14-18(2)27(29)25(17-23)34(36)37)15-19(3)32-11-9-21(10-12-32)33-13-8-20-16-22(38-4)6-7-24(20)31-28(33)35/h5-7,14-17,21H,3,8-13,29H2,1-2,4H3,(H,31,35)/b26-15+,30-5?. The zero-order chi connectivity index (χ0) is 28.1. The van der Waals surface area contributed by atoms with Crippen LogP contribution in [0.5, 0.6) is 11.5 Å². The van der Waals surface area contributed by atoms with Crippen molar-refractivity contribution in [3.63, 3.8) is 0 Å². The number of carbonyl (C=O) groups excluding carboxylic acids is 1. The predicted molar refractivity (Wildman–Crippen MR) is 151 cm³/mol. The monoisotopic (exact) mass is 534 g/mol. The fraction of sp³-hybridized carbons (Fsp3) is 0.357. The number of anilines is 2. The van der Waals surface area contributed by atoms with Crippen molar-refractivity contribution in [3.05, 3.63) is 75.8 Å². The molecule has 1 fully saturated rings. The highest BCUT2D eigenvalue weighted by atomic mass is 16.6. The number of nitrogens with zero attached hydrogens (tertiary/aromatic N) is 4. The minimum atomic E-state index is -0.537. The lowest BCUT2D eigenvalue weighted by atomic mass is 10.0. The molecule has 1 saturated heterocycles. The number of urea groups is 1. The van der Waals surface area contributed by atoms with Gasteiger partial charge in [0.25, 0.3) is 5.69 Å². The second-order valence-electron chi connectivity index (χ2n) is 9.51. The average Bonchev–Trinajstić information content (AvgIpc) is 3.08. The summed E-state index contributed by atoms with van der Waals surface area (Å²) in [6, 6.07) is 8.65. The lowest BCUT2D eigenvalue weighted by Crippen LogP contribution is -2.48. The van der Waals surface area contributed by atoms with Gasteiger partial charge in [0.2, 0.25) is 5.88 Å². The number of ether oxygens (including phenoxy) is 2. The molecule has 0 saturated carbocycles. The molecule has 0 bridgehead atoms. The minimum Gasteiger partial charge on any atom is -0.497 e. The molecule has 11 nitrogen and oxygen atoms in total. The highest BCUT2D eigenvalue weighted by molar-refractivity contribution is 5.91. The van der Waals surface area contributed by atoms with Crippen LogP contribution in [0.2, 0.25) is 0 Å². The van der Waals surface area contributed by atoms with E-state index in [1.165, 1.54) is 6.07 Å². The van der Waals surface area contributed by atoms with Crippen molar-refractivity contribution >= 4 is 29.3 Å². The lowest BCUT2D eigenvalue weighted by Gasteiger charge is -2.39. The Morgan fingerprint density at radius 3 is 2.64 bits per heavy atom. The van der Waals surface area contributed by atoms with Gasteiger partial charge in [0, 0.05) is 49.4 Å². The quantitative estimate of drug-likeness (QED) is 0.123. The summed E-state index contributed by atoms with van der Waals surface area (Å²) >= 11 is 0. The normalized spacial score (nSPS) is 16.5. The van der Waals surface area contributed by atoms with Gasteiger partial charge in [-0.3, -0.25) is 10.1 Å². The number of aliphatic imine (C=N–C) groups is 1. The zero-order valence-electron chi connectivity index (χ0n) is 22.5. The number of nitro benzene ring substituents is 1. The van der Waals surface area contributed by atoms with Gasteiger partial charge >= 0.3 is 6.03 Å². The van der Waals surface area contributed by atoms with Crippen LogP contribution in [0.4, 0.5) is 21.9 Å². The van der Waals surface area contributed by atoms with E-state index in [4.69, 9.17) is 15.2 Å². The molecule has 3 N–H and O–H groups in total. The number of allylic oxidation sites excluding steroid dienone is 1. The van der Waals surface area contributed by atoms with Crippen LogP contribution in [0.3, 0.4) is 0 Å². The maximum atomic E-state index is 13.0. The SMILES string of the molecule is C=C(/C=C(\N=CC)Oc1cc(C)c(N)c([N+](=O)[O-])c1)N1CCC(N2CCc3cc(OC)ccc3NC2=O)CC1. The fourth-order valence-electron chi connectivity index (χ4n) is 4.90. The van der Waals surface area contributed by atoms with Crippen LogP contribution >= 0.6 is 0 Å².